The Morgan fingerprint density at radius 1 is 1.36 bits per heavy atom. The highest BCUT2D eigenvalue weighted by molar-refractivity contribution is 5.50. The lowest BCUT2D eigenvalue weighted by molar-refractivity contribution is 0.174. The van der Waals surface area contributed by atoms with Crippen molar-refractivity contribution in [1.29, 1.82) is 0 Å². The number of aryl methyl sites for hydroxylation is 1. The van der Waals surface area contributed by atoms with Crippen LogP contribution in [0, 0.1) is 6.92 Å². The van der Waals surface area contributed by atoms with Gasteiger partial charge in [0, 0.05) is 5.56 Å². The third kappa shape index (κ3) is 1.22. The molecule has 0 amide bonds. The Balaban J connectivity index is 2.63. The fraction of sp³-hybridized carbons (Fsp3) is 0.500. The van der Waals surface area contributed by atoms with Crippen LogP contribution in [-0.4, -0.2) is 12.2 Å². The predicted octanol–water partition coefficient (Wildman–Crippen LogP) is 2.54. The molecule has 0 spiro atoms. The van der Waals surface area contributed by atoms with Crippen LogP contribution in [-0.2, 0) is 0 Å². The van der Waals surface area contributed by atoms with Crippen LogP contribution in [0.2, 0.25) is 0 Å². The van der Waals surface area contributed by atoms with Crippen LogP contribution < -0.4 is 4.74 Å². The molecule has 0 heterocycles. The molecule has 1 aromatic rings. The van der Waals surface area contributed by atoms with E-state index in [0.717, 1.165) is 23.3 Å². The lowest BCUT2D eigenvalue weighted by atomic mass is 9.99. The van der Waals surface area contributed by atoms with E-state index in [-0.39, 0.29) is 6.10 Å². The van der Waals surface area contributed by atoms with Crippen LogP contribution in [0.4, 0.5) is 0 Å². The summed E-state index contributed by atoms with van der Waals surface area (Å²) >= 11 is 0. The average Bonchev–Trinajstić information content (AvgIpc) is 2.44. The van der Waals surface area contributed by atoms with Gasteiger partial charge in [-0.3, -0.25) is 0 Å². The van der Waals surface area contributed by atoms with Crippen molar-refractivity contribution in [3.63, 3.8) is 0 Å². The Bertz CT molecular complexity index is 358. The van der Waals surface area contributed by atoms with Gasteiger partial charge >= 0.3 is 0 Å². The minimum absolute atomic E-state index is 0.310. The van der Waals surface area contributed by atoms with E-state index in [0.29, 0.717) is 5.92 Å². The Hall–Kier alpha value is -1.02. The molecule has 1 N–H and O–H groups in total. The van der Waals surface area contributed by atoms with Crippen molar-refractivity contribution < 1.29 is 9.84 Å². The van der Waals surface area contributed by atoms with Gasteiger partial charge < -0.3 is 9.84 Å². The lowest BCUT2D eigenvalue weighted by Gasteiger charge is -2.12. The van der Waals surface area contributed by atoms with E-state index < -0.39 is 0 Å². The minimum Gasteiger partial charge on any atom is -0.496 e. The zero-order valence-corrected chi connectivity index (χ0v) is 8.87. The molecule has 2 atom stereocenters. The van der Waals surface area contributed by atoms with Crippen LogP contribution >= 0.6 is 0 Å². The highest BCUT2D eigenvalue weighted by Crippen LogP contribution is 2.46. The molecule has 1 aromatic carbocycles. The van der Waals surface area contributed by atoms with Gasteiger partial charge in [0.25, 0.3) is 0 Å². The molecule has 0 saturated carbocycles. The molecular weight excluding hydrogens is 176 g/mol. The third-order valence-electron chi connectivity index (χ3n) is 3.09. The first-order chi connectivity index (χ1) is 6.65. The fourth-order valence-corrected chi connectivity index (χ4v) is 2.42. The fourth-order valence-electron chi connectivity index (χ4n) is 2.42. The maximum absolute atomic E-state index is 9.90. The molecule has 76 valence electrons. The molecule has 2 heteroatoms. The van der Waals surface area contributed by atoms with Crippen molar-refractivity contribution in [3.8, 4) is 5.75 Å². The number of aliphatic hydroxyl groups excluding tert-OH is 1. The Morgan fingerprint density at radius 2 is 2.07 bits per heavy atom. The Labute approximate surface area is 84.5 Å². The number of rotatable bonds is 1. The molecule has 0 aliphatic heterocycles. The van der Waals surface area contributed by atoms with Gasteiger partial charge in [-0.2, -0.15) is 0 Å². The van der Waals surface area contributed by atoms with E-state index in [1.165, 1.54) is 5.56 Å². The smallest absolute Gasteiger partial charge is 0.122 e. The predicted molar refractivity (Wildman–Crippen MR) is 55.7 cm³/mol. The summed E-state index contributed by atoms with van der Waals surface area (Å²) in [7, 11) is 1.68. The number of methoxy groups -OCH3 is 1. The van der Waals surface area contributed by atoms with Gasteiger partial charge in [0.2, 0.25) is 0 Å². The van der Waals surface area contributed by atoms with Gasteiger partial charge in [-0.1, -0.05) is 13.0 Å². The van der Waals surface area contributed by atoms with Gasteiger partial charge in [0.05, 0.1) is 13.2 Å². The number of hydrogen-bond acceptors (Lipinski definition) is 2. The van der Waals surface area contributed by atoms with Crippen LogP contribution in [0.5, 0.6) is 5.75 Å². The lowest BCUT2D eigenvalue weighted by Crippen LogP contribution is -1.97. The normalized spacial score (nSPS) is 24.9. The average molecular weight is 192 g/mol. The molecule has 14 heavy (non-hydrogen) atoms. The van der Waals surface area contributed by atoms with Crippen LogP contribution in [0.15, 0.2) is 12.1 Å². The quantitative estimate of drug-likeness (QED) is 0.741. The molecule has 1 aliphatic rings. The summed E-state index contributed by atoms with van der Waals surface area (Å²) in [6.45, 7) is 4.18. The number of benzene rings is 1. The maximum atomic E-state index is 9.90. The molecular formula is C12H16O2. The molecule has 0 saturated heterocycles. The van der Waals surface area contributed by atoms with Gasteiger partial charge in [0.15, 0.2) is 0 Å². The zero-order valence-electron chi connectivity index (χ0n) is 8.87. The largest absolute Gasteiger partial charge is 0.496 e. The van der Waals surface area contributed by atoms with Gasteiger partial charge in [-0.25, -0.2) is 0 Å². The van der Waals surface area contributed by atoms with E-state index in [9.17, 15) is 5.11 Å². The van der Waals surface area contributed by atoms with Crippen molar-refractivity contribution in [1.82, 2.24) is 0 Å². The first-order valence-corrected chi connectivity index (χ1v) is 5.00. The standard InChI is InChI=1S/C12H16O2/c1-7-4-5-10(14-3)12-8(2)6-9(13)11(7)12/h4-5,8-9,13H,6H2,1-3H3. The Morgan fingerprint density at radius 3 is 2.71 bits per heavy atom. The van der Waals surface area contributed by atoms with Crippen molar-refractivity contribution in [2.45, 2.75) is 32.3 Å². The summed E-state index contributed by atoms with van der Waals surface area (Å²) in [6, 6.07) is 4.00. The first kappa shape index (κ1) is 9.53. The SMILES string of the molecule is COc1ccc(C)c2c1C(C)CC2O. The van der Waals surface area contributed by atoms with Crippen molar-refractivity contribution in [2.24, 2.45) is 0 Å². The number of fused-ring (bicyclic) bond motifs is 1. The van der Waals surface area contributed by atoms with Crippen molar-refractivity contribution in [3.05, 3.63) is 28.8 Å². The highest BCUT2D eigenvalue weighted by Gasteiger charge is 2.30. The van der Waals surface area contributed by atoms with Crippen LogP contribution in [0.1, 0.15) is 42.1 Å². The van der Waals surface area contributed by atoms with E-state index in [1.54, 1.807) is 7.11 Å². The van der Waals surface area contributed by atoms with Gasteiger partial charge in [-0.15, -0.1) is 0 Å². The van der Waals surface area contributed by atoms with Gasteiger partial charge in [0.1, 0.15) is 5.75 Å². The summed E-state index contributed by atoms with van der Waals surface area (Å²) in [5.74, 6) is 1.31. The number of aliphatic hydroxyl groups is 1. The summed E-state index contributed by atoms with van der Waals surface area (Å²) < 4.78 is 5.32. The summed E-state index contributed by atoms with van der Waals surface area (Å²) in [5, 5.41) is 9.90. The first-order valence-electron chi connectivity index (χ1n) is 5.00. The van der Waals surface area contributed by atoms with E-state index >= 15 is 0 Å². The topological polar surface area (TPSA) is 29.5 Å². The molecule has 0 fully saturated rings. The Kier molecular flexibility index (Phi) is 2.23. The molecule has 2 rings (SSSR count). The van der Waals surface area contributed by atoms with Crippen molar-refractivity contribution >= 4 is 0 Å². The summed E-state index contributed by atoms with van der Waals surface area (Å²) in [5.41, 5.74) is 3.44. The second-order valence-corrected chi connectivity index (χ2v) is 4.06. The zero-order chi connectivity index (χ0) is 10.3. The second kappa shape index (κ2) is 3.28. The van der Waals surface area contributed by atoms with E-state index in [4.69, 9.17) is 4.74 Å². The molecule has 1 aliphatic carbocycles. The molecule has 2 nitrogen and oxygen atoms in total. The van der Waals surface area contributed by atoms with E-state index in [2.05, 4.69) is 6.92 Å². The van der Waals surface area contributed by atoms with E-state index in [1.807, 2.05) is 19.1 Å². The van der Waals surface area contributed by atoms with Gasteiger partial charge in [-0.05, 0) is 36.5 Å². The highest BCUT2D eigenvalue weighted by atomic mass is 16.5. The summed E-state index contributed by atoms with van der Waals surface area (Å²) in [4.78, 5) is 0. The minimum atomic E-state index is -0.310. The van der Waals surface area contributed by atoms with Crippen molar-refractivity contribution in [2.75, 3.05) is 7.11 Å². The molecule has 2 unspecified atom stereocenters. The number of hydrogen-bond donors (Lipinski definition) is 1. The van der Waals surface area contributed by atoms with Crippen LogP contribution in [0.3, 0.4) is 0 Å². The van der Waals surface area contributed by atoms with Crippen LogP contribution in [0.25, 0.3) is 0 Å². The summed E-state index contributed by atoms with van der Waals surface area (Å²) in [6.07, 6.45) is 0.506. The molecule has 0 aromatic heterocycles. The third-order valence-corrected chi connectivity index (χ3v) is 3.09. The monoisotopic (exact) mass is 192 g/mol. The molecule has 0 bridgehead atoms. The number of ether oxygens (including phenoxy) is 1. The molecule has 0 radical (unpaired) electrons. The maximum Gasteiger partial charge on any atom is 0.122 e. The second-order valence-electron chi connectivity index (χ2n) is 4.06.